The molecule has 0 radical (unpaired) electrons. The number of benzene rings is 1. The first-order valence-electron chi connectivity index (χ1n) is 5.17. The quantitative estimate of drug-likeness (QED) is 0.717. The van der Waals surface area contributed by atoms with Gasteiger partial charge in [-0.05, 0) is 18.2 Å². The van der Waals surface area contributed by atoms with Crippen molar-refractivity contribution in [2.75, 3.05) is 6.61 Å². The second-order valence-electron chi connectivity index (χ2n) is 3.46. The first kappa shape index (κ1) is 10.5. The minimum absolute atomic E-state index is 0.594. The van der Waals surface area contributed by atoms with Crippen LogP contribution >= 0.6 is 0 Å². The number of para-hydroxylation sites is 1. The number of hydrogen-bond donors (Lipinski definition) is 0. The molecule has 82 valence electrons. The van der Waals surface area contributed by atoms with Crippen molar-refractivity contribution in [1.29, 1.82) is 0 Å². The molecule has 3 nitrogen and oxygen atoms in total. The van der Waals surface area contributed by atoms with Crippen LogP contribution in [-0.4, -0.2) is 17.5 Å². The number of aldehydes is 1. The van der Waals surface area contributed by atoms with Crippen LogP contribution in [0.3, 0.4) is 0 Å². The van der Waals surface area contributed by atoms with Crippen LogP contribution in [0.1, 0.15) is 10.4 Å². The highest BCUT2D eigenvalue weighted by Gasteiger charge is 1.96. The Morgan fingerprint density at radius 1 is 1.19 bits per heavy atom. The summed E-state index contributed by atoms with van der Waals surface area (Å²) in [5.74, 6) is 0.866. The van der Waals surface area contributed by atoms with Crippen molar-refractivity contribution in [2.45, 2.75) is 6.54 Å². The molecule has 0 saturated carbocycles. The highest BCUT2D eigenvalue weighted by atomic mass is 16.5. The summed E-state index contributed by atoms with van der Waals surface area (Å²) in [7, 11) is 0. The molecule has 0 bridgehead atoms. The van der Waals surface area contributed by atoms with Crippen molar-refractivity contribution in [3.8, 4) is 5.75 Å². The average molecular weight is 215 g/mol. The summed E-state index contributed by atoms with van der Waals surface area (Å²) in [4.78, 5) is 10.5. The van der Waals surface area contributed by atoms with Crippen LogP contribution in [0.25, 0.3) is 0 Å². The van der Waals surface area contributed by atoms with Gasteiger partial charge in [-0.3, -0.25) is 4.79 Å². The molecular weight excluding hydrogens is 202 g/mol. The van der Waals surface area contributed by atoms with Crippen LogP contribution in [-0.2, 0) is 6.54 Å². The maximum absolute atomic E-state index is 10.5. The van der Waals surface area contributed by atoms with Crippen molar-refractivity contribution in [1.82, 2.24) is 4.57 Å². The Morgan fingerprint density at radius 3 is 2.69 bits per heavy atom. The lowest BCUT2D eigenvalue weighted by atomic mass is 10.3. The Hall–Kier alpha value is -2.03. The van der Waals surface area contributed by atoms with E-state index in [1.807, 2.05) is 41.1 Å². The van der Waals surface area contributed by atoms with Crippen molar-refractivity contribution in [3.63, 3.8) is 0 Å². The summed E-state index contributed by atoms with van der Waals surface area (Å²) in [5, 5.41) is 0. The van der Waals surface area contributed by atoms with Crippen molar-refractivity contribution < 1.29 is 9.53 Å². The molecule has 0 unspecified atom stereocenters. The monoisotopic (exact) mass is 215 g/mol. The highest BCUT2D eigenvalue weighted by Crippen LogP contribution is 2.08. The molecule has 1 heterocycles. The molecule has 0 N–H and O–H groups in total. The predicted octanol–water partition coefficient (Wildman–Crippen LogP) is 2.38. The van der Waals surface area contributed by atoms with E-state index in [4.69, 9.17) is 4.74 Å². The van der Waals surface area contributed by atoms with E-state index < -0.39 is 0 Å². The maximum atomic E-state index is 10.5. The van der Waals surface area contributed by atoms with Crippen LogP contribution in [0.15, 0.2) is 48.8 Å². The van der Waals surface area contributed by atoms with Gasteiger partial charge in [-0.1, -0.05) is 18.2 Å². The van der Waals surface area contributed by atoms with Gasteiger partial charge in [0.2, 0.25) is 0 Å². The predicted molar refractivity (Wildman–Crippen MR) is 61.8 cm³/mol. The molecule has 0 aliphatic carbocycles. The van der Waals surface area contributed by atoms with Crippen molar-refractivity contribution in [3.05, 3.63) is 54.4 Å². The molecule has 0 atom stereocenters. The first-order valence-corrected chi connectivity index (χ1v) is 5.17. The van der Waals surface area contributed by atoms with Crippen LogP contribution in [0.4, 0.5) is 0 Å². The van der Waals surface area contributed by atoms with Gasteiger partial charge in [0.25, 0.3) is 0 Å². The fraction of sp³-hybridized carbons (Fsp3) is 0.154. The fourth-order valence-corrected chi connectivity index (χ4v) is 1.45. The molecule has 0 aliphatic heterocycles. The average Bonchev–Trinajstić information content (AvgIpc) is 2.78. The van der Waals surface area contributed by atoms with Gasteiger partial charge in [0.05, 0.1) is 6.54 Å². The Balaban J connectivity index is 1.82. The third-order valence-corrected chi connectivity index (χ3v) is 2.27. The molecule has 0 saturated heterocycles. The molecule has 2 aromatic rings. The van der Waals surface area contributed by atoms with Gasteiger partial charge in [0, 0.05) is 18.0 Å². The van der Waals surface area contributed by atoms with E-state index in [0.29, 0.717) is 12.2 Å². The van der Waals surface area contributed by atoms with E-state index in [1.165, 1.54) is 0 Å². The van der Waals surface area contributed by atoms with Gasteiger partial charge < -0.3 is 9.30 Å². The van der Waals surface area contributed by atoms with Gasteiger partial charge >= 0.3 is 0 Å². The van der Waals surface area contributed by atoms with Gasteiger partial charge in [0.1, 0.15) is 12.4 Å². The Kier molecular flexibility index (Phi) is 3.38. The summed E-state index contributed by atoms with van der Waals surface area (Å²) in [5.41, 5.74) is 0.694. The maximum Gasteiger partial charge on any atom is 0.151 e. The molecule has 0 spiro atoms. The largest absolute Gasteiger partial charge is 0.492 e. The molecule has 0 aliphatic rings. The van der Waals surface area contributed by atoms with Crippen molar-refractivity contribution >= 4 is 6.29 Å². The molecular formula is C13H13NO2. The lowest BCUT2D eigenvalue weighted by Crippen LogP contribution is -2.06. The number of rotatable bonds is 5. The van der Waals surface area contributed by atoms with E-state index >= 15 is 0 Å². The summed E-state index contributed by atoms with van der Waals surface area (Å²) < 4.78 is 7.48. The van der Waals surface area contributed by atoms with Crippen molar-refractivity contribution in [2.24, 2.45) is 0 Å². The number of hydrogen-bond acceptors (Lipinski definition) is 2. The van der Waals surface area contributed by atoms with Crippen LogP contribution in [0.5, 0.6) is 5.75 Å². The molecule has 1 aromatic carbocycles. The summed E-state index contributed by atoms with van der Waals surface area (Å²) >= 11 is 0. The van der Waals surface area contributed by atoms with Crippen LogP contribution in [0, 0.1) is 0 Å². The normalized spacial score (nSPS) is 10.0. The molecule has 0 fully saturated rings. The Morgan fingerprint density at radius 2 is 2.00 bits per heavy atom. The summed E-state index contributed by atoms with van der Waals surface area (Å²) in [6.07, 6.45) is 4.52. The smallest absolute Gasteiger partial charge is 0.151 e. The summed E-state index contributed by atoms with van der Waals surface area (Å²) in [6, 6.07) is 11.5. The second kappa shape index (κ2) is 5.16. The topological polar surface area (TPSA) is 31.2 Å². The van der Waals surface area contributed by atoms with Crippen LogP contribution < -0.4 is 4.74 Å². The van der Waals surface area contributed by atoms with Crippen LogP contribution in [0.2, 0.25) is 0 Å². The molecule has 16 heavy (non-hydrogen) atoms. The Bertz CT molecular complexity index is 448. The standard InChI is InChI=1S/C13H13NO2/c15-11-12-6-7-14(10-12)8-9-16-13-4-2-1-3-5-13/h1-7,10-11H,8-9H2. The Labute approximate surface area is 94.3 Å². The van der Waals surface area contributed by atoms with Gasteiger partial charge in [-0.25, -0.2) is 0 Å². The number of carbonyl (C=O) groups excluding carboxylic acids is 1. The third kappa shape index (κ3) is 2.73. The number of nitrogens with zero attached hydrogens (tertiary/aromatic N) is 1. The first-order chi connectivity index (χ1) is 7.88. The molecule has 0 amide bonds. The number of carbonyl (C=O) groups is 1. The molecule has 2 rings (SSSR count). The molecule has 1 aromatic heterocycles. The number of aromatic nitrogens is 1. The van der Waals surface area contributed by atoms with E-state index in [9.17, 15) is 4.79 Å². The lowest BCUT2D eigenvalue weighted by Gasteiger charge is -2.06. The minimum atomic E-state index is 0.594. The SMILES string of the molecule is O=Cc1ccn(CCOc2ccccc2)c1. The van der Waals surface area contributed by atoms with Gasteiger partial charge in [0.15, 0.2) is 6.29 Å². The van der Waals surface area contributed by atoms with E-state index in [2.05, 4.69) is 0 Å². The van der Waals surface area contributed by atoms with Gasteiger partial charge in [-0.15, -0.1) is 0 Å². The third-order valence-electron chi connectivity index (χ3n) is 2.27. The van der Waals surface area contributed by atoms with E-state index in [-0.39, 0.29) is 0 Å². The number of ether oxygens (including phenoxy) is 1. The fourth-order valence-electron chi connectivity index (χ4n) is 1.45. The van der Waals surface area contributed by atoms with E-state index in [0.717, 1.165) is 18.6 Å². The molecule has 3 heteroatoms. The zero-order chi connectivity index (χ0) is 11.2. The van der Waals surface area contributed by atoms with Gasteiger partial charge in [-0.2, -0.15) is 0 Å². The summed E-state index contributed by atoms with van der Waals surface area (Å²) in [6.45, 7) is 1.33. The second-order valence-corrected chi connectivity index (χ2v) is 3.46. The minimum Gasteiger partial charge on any atom is -0.492 e. The highest BCUT2D eigenvalue weighted by molar-refractivity contribution is 5.74. The zero-order valence-corrected chi connectivity index (χ0v) is 8.87. The lowest BCUT2D eigenvalue weighted by molar-refractivity contribution is 0.112. The van der Waals surface area contributed by atoms with E-state index in [1.54, 1.807) is 12.3 Å². The zero-order valence-electron chi connectivity index (χ0n) is 8.87.